The van der Waals surface area contributed by atoms with Crippen molar-refractivity contribution in [2.75, 3.05) is 5.32 Å². The Morgan fingerprint density at radius 3 is 2.80 bits per heavy atom. The summed E-state index contributed by atoms with van der Waals surface area (Å²) < 4.78 is 2.00. The van der Waals surface area contributed by atoms with Gasteiger partial charge in [-0.2, -0.15) is 4.57 Å². The summed E-state index contributed by atoms with van der Waals surface area (Å²) in [7, 11) is 1.97. The molecule has 3 heteroatoms. The second-order valence-corrected chi connectivity index (χ2v) is 3.58. The van der Waals surface area contributed by atoms with Gasteiger partial charge >= 0.3 is 0 Å². The summed E-state index contributed by atoms with van der Waals surface area (Å²) >= 11 is 0. The summed E-state index contributed by atoms with van der Waals surface area (Å²) in [5.74, 6) is -0.0507. The number of aryl methyl sites for hydroxylation is 1. The lowest BCUT2D eigenvalue weighted by atomic mass is 10.2. The Morgan fingerprint density at radius 1 is 1.33 bits per heavy atom. The molecule has 15 heavy (non-hydrogen) atoms. The number of hydrogen-bond donors (Lipinski definition) is 1. The van der Waals surface area contributed by atoms with Crippen molar-refractivity contribution in [3.05, 3.63) is 36.5 Å². The van der Waals surface area contributed by atoms with E-state index in [1.807, 2.05) is 48.1 Å². The lowest BCUT2D eigenvalue weighted by Crippen LogP contribution is -2.29. The number of carbonyl (C=O) groups is 1. The monoisotopic (exact) mass is 201 g/mol. The normalized spacial score (nSPS) is 10.3. The number of fused-ring (bicyclic) bond motifs is 1. The smallest absolute Gasteiger partial charge is 0.221 e. The van der Waals surface area contributed by atoms with Crippen LogP contribution in [-0.4, -0.2) is 5.91 Å². The van der Waals surface area contributed by atoms with Gasteiger partial charge in [-0.05, 0) is 12.1 Å². The van der Waals surface area contributed by atoms with Crippen LogP contribution in [0.4, 0.5) is 5.69 Å². The van der Waals surface area contributed by atoms with Crippen molar-refractivity contribution < 1.29 is 9.36 Å². The average Bonchev–Trinajstić information content (AvgIpc) is 2.16. The van der Waals surface area contributed by atoms with Crippen molar-refractivity contribution in [1.29, 1.82) is 0 Å². The summed E-state index contributed by atoms with van der Waals surface area (Å²) in [5.41, 5.74) is 1.97. The number of pyridine rings is 1. The van der Waals surface area contributed by atoms with E-state index in [1.165, 1.54) is 6.92 Å². The zero-order chi connectivity index (χ0) is 10.8. The van der Waals surface area contributed by atoms with Gasteiger partial charge in [0.15, 0.2) is 6.20 Å². The highest BCUT2D eigenvalue weighted by molar-refractivity contribution is 5.90. The van der Waals surface area contributed by atoms with Gasteiger partial charge in [-0.3, -0.25) is 4.79 Å². The van der Waals surface area contributed by atoms with Gasteiger partial charge in [-0.1, -0.05) is 12.1 Å². The van der Waals surface area contributed by atoms with Crippen LogP contribution in [0.2, 0.25) is 0 Å². The van der Waals surface area contributed by atoms with Crippen LogP contribution in [-0.2, 0) is 11.8 Å². The van der Waals surface area contributed by atoms with E-state index in [2.05, 4.69) is 5.32 Å². The molecule has 1 aromatic heterocycles. The fraction of sp³-hybridized carbons (Fsp3) is 0.167. The molecule has 1 amide bonds. The Kier molecular flexibility index (Phi) is 2.37. The molecule has 0 saturated heterocycles. The predicted molar refractivity (Wildman–Crippen MR) is 59.4 cm³/mol. The maximum Gasteiger partial charge on any atom is 0.221 e. The highest BCUT2D eigenvalue weighted by atomic mass is 16.1. The fourth-order valence-corrected chi connectivity index (χ4v) is 1.69. The van der Waals surface area contributed by atoms with Crippen molar-refractivity contribution in [1.82, 2.24) is 0 Å². The Labute approximate surface area is 88.3 Å². The summed E-state index contributed by atoms with van der Waals surface area (Å²) in [6.07, 6.45) is 1.91. The third-order valence-electron chi connectivity index (χ3n) is 2.28. The second kappa shape index (κ2) is 3.69. The number of nitrogens with one attached hydrogen (secondary N) is 1. The third kappa shape index (κ3) is 1.96. The van der Waals surface area contributed by atoms with E-state index in [4.69, 9.17) is 0 Å². The van der Waals surface area contributed by atoms with Gasteiger partial charge in [0, 0.05) is 18.4 Å². The first-order valence-electron chi connectivity index (χ1n) is 4.83. The first-order chi connectivity index (χ1) is 7.16. The first kappa shape index (κ1) is 9.65. The number of aromatic nitrogens is 1. The van der Waals surface area contributed by atoms with Crippen LogP contribution >= 0.6 is 0 Å². The van der Waals surface area contributed by atoms with Crippen molar-refractivity contribution >= 4 is 22.5 Å². The molecule has 1 N–H and O–H groups in total. The molecule has 0 atom stereocenters. The van der Waals surface area contributed by atoms with E-state index >= 15 is 0 Å². The molecule has 76 valence electrons. The number of para-hydroxylation sites is 1. The van der Waals surface area contributed by atoms with E-state index in [9.17, 15) is 4.79 Å². The maximum absolute atomic E-state index is 10.9. The zero-order valence-electron chi connectivity index (χ0n) is 8.82. The van der Waals surface area contributed by atoms with Crippen molar-refractivity contribution in [2.45, 2.75) is 6.92 Å². The summed E-state index contributed by atoms with van der Waals surface area (Å²) in [6, 6.07) is 10.0. The molecule has 0 unspecified atom stereocenters. The molecule has 0 saturated carbocycles. The molecule has 2 aromatic rings. The minimum atomic E-state index is -0.0507. The van der Waals surface area contributed by atoms with E-state index < -0.39 is 0 Å². The molecule has 1 heterocycles. The van der Waals surface area contributed by atoms with Gasteiger partial charge in [0.25, 0.3) is 0 Å². The van der Waals surface area contributed by atoms with Crippen LogP contribution in [0.5, 0.6) is 0 Å². The summed E-state index contributed by atoms with van der Waals surface area (Å²) in [6.45, 7) is 1.51. The van der Waals surface area contributed by atoms with Crippen molar-refractivity contribution in [3.63, 3.8) is 0 Å². The fourth-order valence-electron chi connectivity index (χ4n) is 1.69. The number of anilines is 1. The molecular formula is C12H13N2O+. The number of benzene rings is 1. The Bertz CT molecular complexity index is 520. The lowest BCUT2D eigenvalue weighted by Gasteiger charge is -2.02. The molecule has 2 rings (SSSR count). The van der Waals surface area contributed by atoms with Gasteiger partial charge in [-0.15, -0.1) is 0 Å². The van der Waals surface area contributed by atoms with Gasteiger partial charge < -0.3 is 5.32 Å². The Balaban J connectivity index is 2.57. The van der Waals surface area contributed by atoms with Crippen LogP contribution in [0.25, 0.3) is 10.9 Å². The molecule has 0 radical (unpaired) electrons. The minimum Gasteiger partial charge on any atom is -0.321 e. The quantitative estimate of drug-likeness (QED) is 0.699. The molecule has 0 aliphatic heterocycles. The standard InChI is InChI=1S/C12H12N2O/c1-9(15)13-11-7-10-5-3-4-6-12(10)14(2)8-11/h3-8H,1-2H3/p+1. The first-order valence-corrected chi connectivity index (χ1v) is 4.83. The second-order valence-electron chi connectivity index (χ2n) is 3.58. The van der Waals surface area contributed by atoms with E-state index in [0.717, 1.165) is 16.6 Å². The molecular weight excluding hydrogens is 188 g/mol. The van der Waals surface area contributed by atoms with Gasteiger partial charge in [0.1, 0.15) is 12.7 Å². The zero-order valence-corrected chi connectivity index (χ0v) is 8.82. The molecule has 0 bridgehead atoms. The molecule has 0 fully saturated rings. The van der Waals surface area contributed by atoms with Crippen LogP contribution in [0, 0.1) is 0 Å². The van der Waals surface area contributed by atoms with Crippen molar-refractivity contribution in [3.8, 4) is 0 Å². The number of nitrogens with zero attached hydrogens (tertiary/aromatic N) is 1. The lowest BCUT2D eigenvalue weighted by molar-refractivity contribution is -0.644. The van der Waals surface area contributed by atoms with Gasteiger partial charge in [0.05, 0.1) is 0 Å². The van der Waals surface area contributed by atoms with Crippen LogP contribution in [0.1, 0.15) is 6.92 Å². The number of rotatable bonds is 1. The third-order valence-corrected chi connectivity index (χ3v) is 2.28. The van der Waals surface area contributed by atoms with Crippen LogP contribution < -0.4 is 9.88 Å². The van der Waals surface area contributed by atoms with E-state index in [-0.39, 0.29) is 5.91 Å². The van der Waals surface area contributed by atoms with Crippen molar-refractivity contribution in [2.24, 2.45) is 7.05 Å². The number of hydrogen-bond acceptors (Lipinski definition) is 1. The van der Waals surface area contributed by atoms with Gasteiger partial charge in [0.2, 0.25) is 11.4 Å². The highest BCUT2D eigenvalue weighted by Crippen LogP contribution is 2.14. The largest absolute Gasteiger partial charge is 0.321 e. The molecule has 1 aromatic carbocycles. The van der Waals surface area contributed by atoms with E-state index in [1.54, 1.807) is 0 Å². The average molecular weight is 201 g/mol. The Morgan fingerprint density at radius 2 is 2.07 bits per heavy atom. The van der Waals surface area contributed by atoms with E-state index in [0.29, 0.717) is 0 Å². The highest BCUT2D eigenvalue weighted by Gasteiger charge is 2.07. The van der Waals surface area contributed by atoms with Gasteiger partial charge in [-0.25, -0.2) is 0 Å². The van der Waals surface area contributed by atoms with Crippen LogP contribution in [0.15, 0.2) is 36.5 Å². The minimum absolute atomic E-state index is 0.0507. The summed E-state index contributed by atoms with van der Waals surface area (Å²) in [4.78, 5) is 10.9. The number of amides is 1. The maximum atomic E-state index is 10.9. The Hall–Kier alpha value is -1.90. The topological polar surface area (TPSA) is 33.0 Å². The molecule has 3 nitrogen and oxygen atoms in total. The predicted octanol–water partition coefficient (Wildman–Crippen LogP) is 1.62. The molecule has 0 aliphatic rings. The number of carbonyl (C=O) groups excluding carboxylic acids is 1. The SMILES string of the molecule is CC(=O)Nc1cc2ccccc2[n+](C)c1. The molecule has 0 spiro atoms. The molecule has 0 aliphatic carbocycles. The summed E-state index contributed by atoms with van der Waals surface area (Å²) in [5, 5.41) is 3.89. The van der Waals surface area contributed by atoms with Crippen LogP contribution in [0.3, 0.4) is 0 Å².